The van der Waals surface area contributed by atoms with Gasteiger partial charge >= 0.3 is 0 Å². The molecule has 31 heavy (non-hydrogen) atoms. The first-order valence-corrected chi connectivity index (χ1v) is 10.5. The molecule has 1 amide bonds. The van der Waals surface area contributed by atoms with E-state index in [1.54, 1.807) is 54.4 Å². The predicted octanol–water partition coefficient (Wildman–Crippen LogP) is 6.18. The number of nitrogens with two attached hydrogens (primary N) is 1. The molecule has 0 bridgehead atoms. The van der Waals surface area contributed by atoms with Gasteiger partial charge in [0.15, 0.2) is 0 Å². The van der Waals surface area contributed by atoms with Gasteiger partial charge in [0.05, 0.1) is 11.4 Å². The third kappa shape index (κ3) is 4.92. The predicted molar refractivity (Wildman–Crippen MR) is 124 cm³/mol. The highest BCUT2D eigenvalue weighted by atomic mass is 32.2. The highest BCUT2D eigenvalue weighted by Gasteiger charge is 2.10. The van der Waals surface area contributed by atoms with Gasteiger partial charge in [0.25, 0.3) is 5.91 Å². The van der Waals surface area contributed by atoms with Gasteiger partial charge in [-0.1, -0.05) is 30.0 Å². The Labute approximate surface area is 184 Å². The van der Waals surface area contributed by atoms with Crippen LogP contribution in [0, 0.1) is 12.7 Å². The summed E-state index contributed by atoms with van der Waals surface area (Å²) in [4.78, 5) is 19.0. The molecule has 0 unspecified atom stereocenters. The van der Waals surface area contributed by atoms with Crippen molar-refractivity contribution in [2.24, 2.45) is 0 Å². The van der Waals surface area contributed by atoms with E-state index in [2.05, 4.69) is 10.3 Å². The summed E-state index contributed by atoms with van der Waals surface area (Å²) in [6.45, 7) is 2.04. The summed E-state index contributed by atoms with van der Waals surface area (Å²) in [5, 5.41) is 2.87. The molecule has 0 aliphatic carbocycles. The second-order valence-electron chi connectivity index (χ2n) is 7.03. The molecular formula is C25H20FN3OS. The molecule has 0 saturated carbocycles. The zero-order valence-electron chi connectivity index (χ0n) is 16.8. The lowest BCUT2D eigenvalue weighted by Gasteiger charge is -2.11. The molecule has 0 aliphatic heterocycles. The number of nitrogen functional groups attached to an aromatic ring is 1. The normalized spacial score (nSPS) is 10.6. The fourth-order valence-electron chi connectivity index (χ4n) is 3.04. The summed E-state index contributed by atoms with van der Waals surface area (Å²) in [6, 6.07) is 20.9. The molecule has 0 fully saturated rings. The highest BCUT2D eigenvalue weighted by Crippen LogP contribution is 2.30. The van der Waals surface area contributed by atoms with Gasteiger partial charge in [-0.3, -0.25) is 9.78 Å². The van der Waals surface area contributed by atoms with Crippen LogP contribution in [0.15, 0.2) is 95.0 Å². The maximum atomic E-state index is 13.2. The molecule has 1 heterocycles. The van der Waals surface area contributed by atoms with E-state index in [9.17, 15) is 9.18 Å². The van der Waals surface area contributed by atoms with Crippen LogP contribution in [0.2, 0.25) is 0 Å². The molecule has 4 aromatic rings. The molecule has 1 aromatic heterocycles. The summed E-state index contributed by atoms with van der Waals surface area (Å²) in [7, 11) is 0. The Kier molecular flexibility index (Phi) is 6.00. The van der Waals surface area contributed by atoms with Crippen molar-refractivity contribution in [2.75, 3.05) is 11.1 Å². The Morgan fingerprint density at radius 3 is 2.39 bits per heavy atom. The first-order valence-electron chi connectivity index (χ1n) is 9.65. The van der Waals surface area contributed by atoms with Gasteiger partial charge < -0.3 is 11.1 Å². The minimum atomic E-state index is -0.298. The molecule has 4 nitrogen and oxygen atoms in total. The Morgan fingerprint density at radius 1 is 0.968 bits per heavy atom. The van der Waals surface area contributed by atoms with E-state index in [1.165, 1.54) is 12.1 Å². The van der Waals surface area contributed by atoms with E-state index in [4.69, 9.17) is 5.73 Å². The minimum absolute atomic E-state index is 0.253. The molecule has 154 valence electrons. The topological polar surface area (TPSA) is 68.0 Å². The van der Waals surface area contributed by atoms with Crippen LogP contribution in [-0.2, 0) is 0 Å². The Hall–Kier alpha value is -3.64. The van der Waals surface area contributed by atoms with Gasteiger partial charge in [-0.05, 0) is 78.2 Å². The molecule has 0 radical (unpaired) electrons. The summed E-state index contributed by atoms with van der Waals surface area (Å²) in [5.74, 6) is -0.551. The Balaban J connectivity index is 1.49. The van der Waals surface area contributed by atoms with Crippen molar-refractivity contribution in [1.29, 1.82) is 0 Å². The fourth-order valence-corrected chi connectivity index (χ4v) is 3.91. The number of nitrogens with zero attached hydrogens (tertiary/aromatic N) is 1. The number of benzene rings is 3. The van der Waals surface area contributed by atoms with Crippen LogP contribution in [0.1, 0.15) is 15.9 Å². The lowest BCUT2D eigenvalue weighted by molar-refractivity contribution is 0.102. The summed E-state index contributed by atoms with van der Waals surface area (Å²) < 4.78 is 13.2. The molecule has 0 saturated heterocycles. The van der Waals surface area contributed by atoms with Crippen molar-refractivity contribution in [3.63, 3.8) is 0 Å². The van der Waals surface area contributed by atoms with E-state index >= 15 is 0 Å². The van der Waals surface area contributed by atoms with Crippen LogP contribution < -0.4 is 11.1 Å². The second kappa shape index (κ2) is 9.02. The first-order chi connectivity index (χ1) is 15.0. The Morgan fingerprint density at radius 2 is 1.68 bits per heavy atom. The van der Waals surface area contributed by atoms with E-state index in [-0.39, 0.29) is 11.7 Å². The van der Waals surface area contributed by atoms with Crippen molar-refractivity contribution in [3.05, 3.63) is 102 Å². The van der Waals surface area contributed by atoms with Crippen LogP contribution in [0.5, 0.6) is 0 Å². The fraction of sp³-hybridized carbons (Fsp3) is 0.0400. The summed E-state index contributed by atoms with van der Waals surface area (Å²) >= 11 is 1.60. The van der Waals surface area contributed by atoms with Crippen LogP contribution in [0.3, 0.4) is 0 Å². The number of aromatic nitrogens is 1. The number of carbonyl (C=O) groups excluding carboxylic acids is 1. The second-order valence-corrected chi connectivity index (χ2v) is 8.15. The lowest BCUT2D eigenvalue weighted by Crippen LogP contribution is -2.13. The van der Waals surface area contributed by atoms with Crippen molar-refractivity contribution in [2.45, 2.75) is 16.7 Å². The van der Waals surface area contributed by atoms with Gasteiger partial charge in [-0.25, -0.2) is 4.39 Å². The van der Waals surface area contributed by atoms with E-state index < -0.39 is 0 Å². The van der Waals surface area contributed by atoms with Crippen molar-refractivity contribution < 1.29 is 9.18 Å². The molecule has 4 rings (SSSR count). The number of nitrogens with one attached hydrogen (secondary N) is 1. The molecule has 0 spiro atoms. The van der Waals surface area contributed by atoms with Crippen LogP contribution in [0.25, 0.3) is 11.1 Å². The number of rotatable bonds is 5. The lowest BCUT2D eigenvalue weighted by atomic mass is 10.0. The van der Waals surface area contributed by atoms with Gasteiger partial charge in [-0.2, -0.15) is 0 Å². The molecule has 0 aliphatic rings. The number of anilines is 2. The third-order valence-corrected chi connectivity index (χ3v) is 5.97. The number of amides is 1. The zero-order valence-corrected chi connectivity index (χ0v) is 17.6. The van der Waals surface area contributed by atoms with Gasteiger partial charge in [0.1, 0.15) is 5.82 Å². The first kappa shape index (κ1) is 20.6. The van der Waals surface area contributed by atoms with E-state index in [1.807, 2.05) is 37.4 Å². The molecule has 3 aromatic carbocycles. The molecule has 3 N–H and O–H groups in total. The summed E-state index contributed by atoms with van der Waals surface area (Å²) in [5.41, 5.74) is 10.4. The monoisotopic (exact) mass is 429 g/mol. The number of aryl methyl sites for hydroxylation is 1. The SMILES string of the molecule is Cc1ccncc1Sc1ccc(C(=O)Nc2cc(-c3ccc(F)cc3)ccc2N)cc1. The van der Waals surface area contributed by atoms with Crippen LogP contribution >= 0.6 is 11.8 Å². The molecule has 0 atom stereocenters. The third-order valence-electron chi connectivity index (χ3n) is 4.81. The van der Waals surface area contributed by atoms with Crippen LogP contribution in [-0.4, -0.2) is 10.9 Å². The van der Waals surface area contributed by atoms with Crippen molar-refractivity contribution in [3.8, 4) is 11.1 Å². The maximum Gasteiger partial charge on any atom is 0.255 e. The summed E-state index contributed by atoms with van der Waals surface area (Å²) in [6.07, 6.45) is 3.60. The average molecular weight is 430 g/mol. The van der Waals surface area contributed by atoms with E-state index in [0.717, 1.165) is 26.5 Å². The number of carbonyl (C=O) groups is 1. The smallest absolute Gasteiger partial charge is 0.255 e. The number of hydrogen-bond acceptors (Lipinski definition) is 4. The average Bonchev–Trinajstić information content (AvgIpc) is 2.78. The zero-order chi connectivity index (χ0) is 21.8. The largest absolute Gasteiger partial charge is 0.397 e. The van der Waals surface area contributed by atoms with Crippen LogP contribution in [0.4, 0.5) is 15.8 Å². The molecule has 6 heteroatoms. The van der Waals surface area contributed by atoms with Gasteiger partial charge in [-0.15, -0.1) is 0 Å². The van der Waals surface area contributed by atoms with Crippen molar-refractivity contribution in [1.82, 2.24) is 4.98 Å². The van der Waals surface area contributed by atoms with Gasteiger partial charge in [0.2, 0.25) is 0 Å². The highest BCUT2D eigenvalue weighted by molar-refractivity contribution is 7.99. The number of hydrogen-bond donors (Lipinski definition) is 2. The quantitative estimate of drug-likeness (QED) is 0.372. The maximum absolute atomic E-state index is 13.2. The van der Waals surface area contributed by atoms with E-state index in [0.29, 0.717) is 16.9 Å². The van der Waals surface area contributed by atoms with Crippen molar-refractivity contribution >= 4 is 29.0 Å². The molecular weight excluding hydrogens is 409 g/mol. The Bertz CT molecular complexity index is 1220. The number of pyridine rings is 1. The van der Waals surface area contributed by atoms with Gasteiger partial charge in [0, 0.05) is 27.7 Å². The standard InChI is InChI=1S/C25H20FN3OS/c1-16-12-13-28-15-24(16)31-21-9-4-18(5-10-21)25(30)29-23-14-19(6-11-22(23)27)17-2-7-20(26)8-3-17/h2-15H,27H2,1H3,(H,29,30). The number of halogens is 1. The minimum Gasteiger partial charge on any atom is -0.397 e.